The first kappa shape index (κ1) is 28.2. The molecule has 2 aromatic rings. The summed E-state index contributed by atoms with van der Waals surface area (Å²) in [6, 6.07) is 10.9. The van der Waals surface area contributed by atoms with E-state index >= 15 is 0 Å². The molecule has 2 unspecified atom stereocenters. The number of alkyl carbamates (subject to hydrolysis) is 1. The van der Waals surface area contributed by atoms with Gasteiger partial charge in [0.2, 0.25) is 5.91 Å². The Morgan fingerprint density at radius 1 is 1.05 bits per heavy atom. The minimum absolute atomic E-state index is 0.198. The van der Waals surface area contributed by atoms with Gasteiger partial charge in [-0.15, -0.1) is 0 Å². The Kier molecular flexibility index (Phi) is 8.97. The van der Waals surface area contributed by atoms with Crippen LogP contribution >= 0.6 is 0 Å². The number of rotatable bonds is 8. The molecule has 1 aliphatic rings. The summed E-state index contributed by atoms with van der Waals surface area (Å²) in [6.45, 7) is 10.3. The Morgan fingerprint density at radius 2 is 1.68 bits per heavy atom. The van der Waals surface area contributed by atoms with E-state index in [4.69, 9.17) is 4.74 Å². The van der Waals surface area contributed by atoms with Crippen molar-refractivity contribution in [1.82, 2.24) is 10.2 Å². The van der Waals surface area contributed by atoms with Crippen molar-refractivity contribution >= 4 is 23.6 Å². The number of anilines is 1. The van der Waals surface area contributed by atoms with Gasteiger partial charge in [0.05, 0.1) is 6.61 Å². The Balaban J connectivity index is 2.01. The SMILES string of the molecule is Cc1cccc(C(C(=O)Nc2c(C)cccc2C)N(C(=O)C(CO)NC(=O)OC(C)(C)C)C2CCC2)c1. The lowest BCUT2D eigenvalue weighted by Crippen LogP contribution is -2.58. The number of aliphatic hydroxyl groups excluding tert-OH is 1. The first-order valence-electron chi connectivity index (χ1n) is 12.8. The third-order valence-electron chi connectivity index (χ3n) is 6.51. The van der Waals surface area contributed by atoms with Gasteiger partial charge in [-0.2, -0.15) is 0 Å². The molecule has 0 radical (unpaired) electrons. The number of carbonyl (C=O) groups excluding carboxylic acids is 3. The van der Waals surface area contributed by atoms with Crippen LogP contribution in [0.25, 0.3) is 0 Å². The molecule has 0 aromatic heterocycles. The largest absolute Gasteiger partial charge is 0.444 e. The number of nitrogens with zero attached hydrogens (tertiary/aromatic N) is 1. The molecule has 1 saturated carbocycles. The highest BCUT2D eigenvalue weighted by Gasteiger charge is 2.42. The first-order chi connectivity index (χ1) is 17.4. The summed E-state index contributed by atoms with van der Waals surface area (Å²) in [4.78, 5) is 41.9. The van der Waals surface area contributed by atoms with E-state index in [0.29, 0.717) is 11.3 Å². The second kappa shape index (κ2) is 11.8. The summed E-state index contributed by atoms with van der Waals surface area (Å²) in [5.74, 6) is -0.876. The number of carbonyl (C=O) groups is 3. The van der Waals surface area contributed by atoms with Crippen LogP contribution in [-0.4, -0.2) is 52.2 Å². The van der Waals surface area contributed by atoms with Crippen molar-refractivity contribution in [2.75, 3.05) is 11.9 Å². The molecular formula is C29H39N3O5. The molecule has 1 fully saturated rings. The van der Waals surface area contributed by atoms with Crippen molar-refractivity contribution in [3.05, 3.63) is 64.7 Å². The highest BCUT2D eigenvalue weighted by molar-refractivity contribution is 6.00. The molecule has 37 heavy (non-hydrogen) atoms. The van der Waals surface area contributed by atoms with E-state index in [0.717, 1.165) is 36.0 Å². The highest BCUT2D eigenvalue weighted by Crippen LogP contribution is 2.35. The normalized spacial score (nSPS) is 15.2. The van der Waals surface area contributed by atoms with Gasteiger partial charge in [-0.1, -0.05) is 48.0 Å². The highest BCUT2D eigenvalue weighted by atomic mass is 16.6. The smallest absolute Gasteiger partial charge is 0.408 e. The van der Waals surface area contributed by atoms with Crippen molar-refractivity contribution in [3.63, 3.8) is 0 Å². The zero-order valence-electron chi connectivity index (χ0n) is 22.6. The van der Waals surface area contributed by atoms with Gasteiger partial charge in [-0.05, 0) is 77.5 Å². The van der Waals surface area contributed by atoms with Crippen LogP contribution in [0.2, 0.25) is 0 Å². The fourth-order valence-corrected chi connectivity index (χ4v) is 4.48. The fourth-order valence-electron chi connectivity index (χ4n) is 4.48. The van der Waals surface area contributed by atoms with Gasteiger partial charge in [0, 0.05) is 11.7 Å². The molecule has 2 atom stereocenters. The van der Waals surface area contributed by atoms with Gasteiger partial charge >= 0.3 is 6.09 Å². The van der Waals surface area contributed by atoms with Crippen LogP contribution in [0.5, 0.6) is 0 Å². The number of hydrogen-bond donors (Lipinski definition) is 3. The number of benzene rings is 2. The molecule has 0 spiro atoms. The Hall–Kier alpha value is -3.39. The summed E-state index contributed by atoms with van der Waals surface area (Å²) in [5.41, 5.74) is 3.38. The number of aliphatic hydroxyl groups is 1. The van der Waals surface area contributed by atoms with E-state index in [1.807, 2.05) is 63.2 Å². The van der Waals surface area contributed by atoms with E-state index in [1.54, 1.807) is 25.7 Å². The molecule has 0 bridgehead atoms. The lowest BCUT2D eigenvalue weighted by molar-refractivity contribution is -0.146. The van der Waals surface area contributed by atoms with Gasteiger partial charge in [0.15, 0.2) is 0 Å². The van der Waals surface area contributed by atoms with Gasteiger partial charge in [-0.3, -0.25) is 9.59 Å². The average Bonchev–Trinajstić information content (AvgIpc) is 2.77. The third kappa shape index (κ3) is 7.10. The van der Waals surface area contributed by atoms with Crippen LogP contribution in [0.1, 0.15) is 68.3 Å². The summed E-state index contributed by atoms with van der Waals surface area (Å²) in [5, 5.41) is 15.6. The minimum atomic E-state index is -1.25. The number of ether oxygens (including phenoxy) is 1. The maximum absolute atomic E-state index is 14.0. The van der Waals surface area contributed by atoms with E-state index in [2.05, 4.69) is 10.6 Å². The molecule has 2 aromatic carbocycles. The minimum Gasteiger partial charge on any atom is -0.444 e. The van der Waals surface area contributed by atoms with Crippen LogP contribution in [0, 0.1) is 20.8 Å². The number of amides is 3. The van der Waals surface area contributed by atoms with E-state index < -0.39 is 36.3 Å². The Labute approximate surface area is 219 Å². The zero-order chi connectivity index (χ0) is 27.3. The first-order valence-corrected chi connectivity index (χ1v) is 12.8. The van der Waals surface area contributed by atoms with Crippen LogP contribution in [-0.2, 0) is 14.3 Å². The molecular weight excluding hydrogens is 470 g/mol. The molecule has 8 heteroatoms. The van der Waals surface area contributed by atoms with Gasteiger partial charge < -0.3 is 25.4 Å². The molecule has 3 rings (SSSR count). The number of nitrogens with one attached hydrogen (secondary N) is 2. The van der Waals surface area contributed by atoms with Crippen molar-refractivity contribution in [1.29, 1.82) is 0 Å². The topological polar surface area (TPSA) is 108 Å². The van der Waals surface area contributed by atoms with Gasteiger partial charge in [0.1, 0.15) is 17.7 Å². The third-order valence-corrected chi connectivity index (χ3v) is 6.51. The lowest BCUT2D eigenvalue weighted by Gasteiger charge is -2.43. The second-order valence-electron chi connectivity index (χ2n) is 10.8. The maximum Gasteiger partial charge on any atom is 0.408 e. The molecule has 200 valence electrons. The fraction of sp³-hybridized carbons (Fsp3) is 0.483. The molecule has 3 amide bonds. The molecule has 0 heterocycles. The zero-order valence-corrected chi connectivity index (χ0v) is 22.6. The Morgan fingerprint density at radius 3 is 2.19 bits per heavy atom. The van der Waals surface area contributed by atoms with Crippen molar-refractivity contribution in [2.24, 2.45) is 0 Å². The van der Waals surface area contributed by atoms with Crippen molar-refractivity contribution < 1.29 is 24.2 Å². The van der Waals surface area contributed by atoms with Crippen LogP contribution in [0.15, 0.2) is 42.5 Å². The van der Waals surface area contributed by atoms with E-state index in [-0.39, 0.29) is 11.9 Å². The second-order valence-corrected chi connectivity index (χ2v) is 10.8. The number of hydrogen-bond acceptors (Lipinski definition) is 5. The monoisotopic (exact) mass is 509 g/mol. The molecule has 0 aliphatic heterocycles. The van der Waals surface area contributed by atoms with Crippen molar-refractivity contribution in [3.8, 4) is 0 Å². The standard InChI is InChI=1S/C29H39N3O5/c1-18-10-7-13-21(16-18)25(26(34)31-24-19(2)11-8-12-20(24)3)32(22-14-9-15-22)27(35)23(17-33)30-28(36)37-29(4,5)6/h7-8,10-13,16,22-23,25,33H,9,14-15,17H2,1-6H3,(H,30,36)(H,31,34). The van der Waals surface area contributed by atoms with E-state index in [1.165, 1.54) is 0 Å². The van der Waals surface area contributed by atoms with Crippen LogP contribution < -0.4 is 10.6 Å². The van der Waals surface area contributed by atoms with Crippen LogP contribution in [0.3, 0.4) is 0 Å². The molecule has 8 nitrogen and oxygen atoms in total. The summed E-state index contributed by atoms with van der Waals surface area (Å²) in [6.07, 6.45) is 1.59. The van der Waals surface area contributed by atoms with Gasteiger partial charge in [-0.25, -0.2) is 4.79 Å². The van der Waals surface area contributed by atoms with Gasteiger partial charge in [0.25, 0.3) is 5.91 Å². The van der Waals surface area contributed by atoms with Crippen LogP contribution in [0.4, 0.5) is 10.5 Å². The maximum atomic E-state index is 14.0. The Bertz CT molecular complexity index is 1120. The average molecular weight is 510 g/mol. The lowest BCUT2D eigenvalue weighted by atomic mass is 9.88. The summed E-state index contributed by atoms with van der Waals surface area (Å²) in [7, 11) is 0. The predicted molar refractivity (Wildman–Crippen MR) is 143 cm³/mol. The molecule has 1 aliphatic carbocycles. The molecule has 3 N–H and O–H groups in total. The quantitative estimate of drug-likeness (QED) is 0.484. The predicted octanol–water partition coefficient (Wildman–Crippen LogP) is 4.56. The molecule has 0 saturated heterocycles. The number of para-hydroxylation sites is 1. The summed E-state index contributed by atoms with van der Waals surface area (Å²) >= 11 is 0. The number of aryl methyl sites for hydroxylation is 3. The van der Waals surface area contributed by atoms with E-state index in [9.17, 15) is 19.5 Å². The van der Waals surface area contributed by atoms with Crippen molar-refractivity contribution in [2.45, 2.75) is 84.5 Å². The summed E-state index contributed by atoms with van der Waals surface area (Å²) < 4.78 is 5.30.